The van der Waals surface area contributed by atoms with Gasteiger partial charge in [-0.15, -0.1) is 0 Å². The van der Waals surface area contributed by atoms with Crippen LogP contribution in [0.25, 0.3) is 6.08 Å². The van der Waals surface area contributed by atoms with Crippen molar-refractivity contribution in [1.82, 2.24) is 20.4 Å². The average Bonchev–Trinajstić information content (AvgIpc) is 3.62. The third-order valence-electron chi connectivity index (χ3n) is 7.96. The summed E-state index contributed by atoms with van der Waals surface area (Å²) in [6.07, 6.45) is 10.2. The zero-order valence-corrected chi connectivity index (χ0v) is 21.2. The highest BCUT2D eigenvalue weighted by atomic mass is 32.2. The summed E-state index contributed by atoms with van der Waals surface area (Å²) in [5.74, 6) is 1.35. The molecule has 0 bridgehead atoms. The minimum atomic E-state index is -0.0385. The topological polar surface area (TPSA) is 81.8 Å². The lowest BCUT2D eigenvalue weighted by Gasteiger charge is -2.39. The molecule has 7 nitrogen and oxygen atoms in total. The summed E-state index contributed by atoms with van der Waals surface area (Å²) in [5, 5.41) is 10.5. The number of urea groups is 1. The molecule has 5 rings (SSSR count). The lowest BCUT2D eigenvalue weighted by Crippen LogP contribution is -2.44. The maximum absolute atomic E-state index is 12.8. The molecular weight excluding hydrogens is 468 g/mol. The Bertz CT molecular complexity index is 927. The van der Waals surface area contributed by atoms with Gasteiger partial charge in [-0.2, -0.15) is 23.1 Å². The van der Waals surface area contributed by atoms with Gasteiger partial charge >= 0.3 is 6.03 Å². The smallest absolute Gasteiger partial charge is 0.315 e. The SMILES string of the molecule is O=C1N[C@H]2[C@H](CS[C@H]2CCCCC(=O)N2CCC3(CCN(C(=O)/C=C/c4ccsc4)CC3)C2)N1. The molecule has 1 aromatic heterocycles. The fraction of sp³-hybridized carbons (Fsp3) is 0.640. The van der Waals surface area contributed by atoms with Gasteiger partial charge in [-0.1, -0.05) is 6.42 Å². The first-order chi connectivity index (χ1) is 16.5. The summed E-state index contributed by atoms with van der Waals surface area (Å²) in [6.45, 7) is 3.26. The maximum Gasteiger partial charge on any atom is 0.315 e. The van der Waals surface area contributed by atoms with Gasteiger partial charge < -0.3 is 20.4 Å². The zero-order chi connectivity index (χ0) is 23.5. The minimum Gasteiger partial charge on any atom is -0.342 e. The summed E-state index contributed by atoms with van der Waals surface area (Å²) < 4.78 is 0. The summed E-state index contributed by atoms with van der Waals surface area (Å²) in [5.41, 5.74) is 1.26. The molecular formula is C25H34N4O3S2. The molecule has 184 valence electrons. The monoisotopic (exact) mass is 502 g/mol. The Hall–Kier alpha value is -2.00. The number of unbranched alkanes of at least 4 members (excludes halogenated alkanes) is 1. The number of fused-ring (bicyclic) bond motifs is 1. The van der Waals surface area contributed by atoms with Crippen LogP contribution in [0.4, 0.5) is 4.79 Å². The van der Waals surface area contributed by atoms with Crippen molar-refractivity contribution >= 4 is 47.0 Å². The normalized spacial score (nSPS) is 27.9. The van der Waals surface area contributed by atoms with Gasteiger partial charge in [-0.05, 0) is 66.0 Å². The van der Waals surface area contributed by atoms with Crippen molar-refractivity contribution in [3.05, 3.63) is 28.5 Å². The molecule has 34 heavy (non-hydrogen) atoms. The van der Waals surface area contributed by atoms with Gasteiger partial charge in [-0.25, -0.2) is 4.79 Å². The van der Waals surface area contributed by atoms with Gasteiger partial charge in [-0.3, -0.25) is 9.59 Å². The van der Waals surface area contributed by atoms with Crippen molar-refractivity contribution in [2.75, 3.05) is 31.9 Å². The number of nitrogens with one attached hydrogen (secondary N) is 2. The van der Waals surface area contributed by atoms with Crippen LogP contribution in [0, 0.1) is 5.41 Å². The van der Waals surface area contributed by atoms with Crippen molar-refractivity contribution in [3.63, 3.8) is 0 Å². The van der Waals surface area contributed by atoms with Crippen LogP contribution in [-0.2, 0) is 9.59 Å². The van der Waals surface area contributed by atoms with E-state index in [0.717, 1.165) is 76.0 Å². The number of hydrogen-bond donors (Lipinski definition) is 2. The number of piperidine rings is 1. The molecule has 0 saturated carbocycles. The van der Waals surface area contributed by atoms with E-state index in [4.69, 9.17) is 0 Å². The molecule has 0 unspecified atom stereocenters. The predicted molar refractivity (Wildman–Crippen MR) is 137 cm³/mol. The van der Waals surface area contributed by atoms with Gasteiger partial charge in [0, 0.05) is 49.7 Å². The van der Waals surface area contributed by atoms with Crippen molar-refractivity contribution in [1.29, 1.82) is 0 Å². The molecule has 9 heteroatoms. The van der Waals surface area contributed by atoms with Crippen LogP contribution in [-0.4, -0.2) is 76.9 Å². The molecule has 4 amide bonds. The molecule has 4 saturated heterocycles. The van der Waals surface area contributed by atoms with Gasteiger partial charge in [0.1, 0.15) is 0 Å². The lowest BCUT2D eigenvalue weighted by atomic mass is 9.78. The molecule has 0 aromatic carbocycles. The molecule has 4 fully saturated rings. The molecule has 1 aromatic rings. The number of amides is 4. The van der Waals surface area contributed by atoms with E-state index in [1.807, 2.05) is 39.6 Å². The summed E-state index contributed by atoms with van der Waals surface area (Å²) in [6, 6.07) is 2.49. The molecule has 1 spiro atoms. The highest BCUT2D eigenvalue weighted by molar-refractivity contribution is 8.00. The Morgan fingerprint density at radius 2 is 1.91 bits per heavy atom. The lowest BCUT2D eigenvalue weighted by molar-refractivity contribution is -0.132. The van der Waals surface area contributed by atoms with Crippen LogP contribution >= 0.6 is 23.1 Å². The van der Waals surface area contributed by atoms with E-state index in [2.05, 4.69) is 15.5 Å². The molecule has 4 aliphatic heterocycles. The number of carbonyl (C=O) groups excluding carboxylic acids is 3. The quantitative estimate of drug-likeness (QED) is 0.340. The zero-order valence-electron chi connectivity index (χ0n) is 19.5. The summed E-state index contributed by atoms with van der Waals surface area (Å²) in [7, 11) is 0. The Labute approximate surface area is 209 Å². The van der Waals surface area contributed by atoms with E-state index in [-0.39, 0.29) is 35.3 Å². The number of likely N-dealkylation sites (tertiary alicyclic amines) is 2. The van der Waals surface area contributed by atoms with E-state index in [0.29, 0.717) is 11.7 Å². The average molecular weight is 503 g/mol. The number of rotatable bonds is 7. The molecule has 0 radical (unpaired) electrons. The Morgan fingerprint density at radius 1 is 1.12 bits per heavy atom. The Kier molecular flexibility index (Phi) is 7.20. The number of thioether (sulfide) groups is 1. The third kappa shape index (κ3) is 5.30. The van der Waals surface area contributed by atoms with Gasteiger partial charge in [0.25, 0.3) is 0 Å². The fourth-order valence-corrected chi connectivity index (χ4v) is 8.00. The number of nitrogens with zero attached hydrogens (tertiary/aromatic N) is 2. The van der Waals surface area contributed by atoms with E-state index < -0.39 is 0 Å². The largest absolute Gasteiger partial charge is 0.342 e. The van der Waals surface area contributed by atoms with E-state index in [1.54, 1.807) is 17.4 Å². The second-order valence-corrected chi connectivity index (χ2v) is 12.2. The van der Waals surface area contributed by atoms with E-state index in [9.17, 15) is 14.4 Å². The summed E-state index contributed by atoms with van der Waals surface area (Å²) in [4.78, 5) is 40.9. The highest BCUT2D eigenvalue weighted by Gasteiger charge is 2.43. The van der Waals surface area contributed by atoms with Crippen molar-refractivity contribution in [2.45, 2.75) is 62.3 Å². The van der Waals surface area contributed by atoms with Crippen LogP contribution < -0.4 is 10.6 Å². The molecule has 0 aliphatic carbocycles. The standard InChI is InChI=1S/C25H34N4O3S2/c30-21(4-2-1-3-20-23-19(16-34-20)26-24(32)27-23)29-13-10-25(17-29)8-11-28(12-9-25)22(31)6-5-18-7-14-33-15-18/h5-7,14-15,19-20,23H,1-4,8-13,16-17H2,(H2,26,27,32)/b6-5+/t19-,20-,23-/m0/s1. The van der Waals surface area contributed by atoms with Crippen LogP contribution in [0.15, 0.2) is 22.9 Å². The van der Waals surface area contributed by atoms with Gasteiger partial charge in [0.15, 0.2) is 0 Å². The minimum absolute atomic E-state index is 0.0385. The molecule has 3 atom stereocenters. The second-order valence-electron chi connectivity index (χ2n) is 10.1. The number of carbonyl (C=O) groups is 3. The Balaban J connectivity index is 1.01. The van der Waals surface area contributed by atoms with Crippen molar-refractivity contribution in [2.24, 2.45) is 5.41 Å². The fourth-order valence-electron chi connectivity index (χ4n) is 5.82. The van der Waals surface area contributed by atoms with Crippen LogP contribution in [0.2, 0.25) is 0 Å². The van der Waals surface area contributed by atoms with Crippen LogP contribution in [0.3, 0.4) is 0 Å². The third-order valence-corrected chi connectivity index (χ3v) is 10.2. The molecule has 5 heterocycles. The van der Waals surface area contributed by atoms with Gasteiger partial charge in [0.05, 0.1) is 12.1 Å². The maximum atomic E-state index is 12.8. The first-order valence-electron chi connectivity index (χ1n) is 12.5. The first kappa shape index (κ1) is 23.7. The van der Waals surface area contributed by atoms with Crippen molar-refractivity contribution in [3.8, 4) is 0 Å². The predicted octanol–water partition coefficient (Wildman–Crippen LogP) is 3.33. The van der Waals surface area contributed by atoms with E-state index in [1.165, 1.54) is 0 Å². The van der Waals surface area contributed by atoms with E-state index >= 15 is 0 Å². The first-order valence-corrected chi connectivity index (χ1v) is 14.5. The highest BCUT2D eigenvalue weighted by Crippen LogP contribution is 2.41. The van der Waals surface area contributed by atoms with Crippen LogP contribution in [0.5, 0.6) is 0 Å². The molecule has 4 aliphatic rings. The number of thiophene rings is 1. The van der Waals surface area contributed by atoms with Gasteiger partial charge in [0.2, 0.25) is 11.8 Å². The molecule has 2 N–H and O–H groups in total. The number of hydrogen-bond acceptors (Lipinski definition) is 5. The van der Waals surface area contributed by atoms with Crippen molar-refractivity contribution < 1.29 is 14.4 Å². The second kappa shape index (κ2) is 10.3. The summed E-state index contributed by atoms with van der Waals surface area (Å²) >= 11 is 3.57. The van der Waals surface area contributed by atoms with Crippen LogP contribution in [0.1, 0.15) is 50.5 Å². The Morgan fingerprint density at radius 3 is 2.68 bits per heavy atom.